The Labute approximate surface area is 209 Å². The van der Waals surface area contributed by atoms with Crippen molar-refractivity contribution in [3.05, 3.63) is 29.8 Å². The number of benzene rings is 1. The summed E-state index contributed by atoms with van der Waals surface area (Å²) < 4.78 is 19.4. The lowest BCUT2D eigenvalue weighted by Crippen LogP contribution is -2.58. The van der Waals surface area contributed by atoms with E-state index in [1.807, 2.05) is 11.8 Å². The van der Waals surface area contributed by atoms with Crippen molar-refractivity contribution in [1.82, 2.24) is 25.5 Å². The van der Waals surface area contributed by atoms with Gasteiger partial charge in [-0.1, -0.05) is 6.07 Å². The molecule has 1 aromatic heterocycles. The summed E-state index contributed by atoms with van der Waals surface area (Å²) >= 11 is 0. The van der Waals surface area contributed by atoms with Gasteiger partial charge in [-0.05, 0) is 58.1 Å². The number of amides is 3. The first kappa shape index (κ1) is 24.7. The molecule has 1 spiro atoms. The highest BCUT2D eigenvalue weighted by molar-refractivity contribution is 5.93. The molecule has 10 heteroatoms. The third kappa shape index (κ3) is 4.83. The zero-order valence-electron chi connectivity index (χ0n) is 20.8. The Balaban J connectivity index is 1.27. The van der Waals surface area contributed by atoms with Crippen LogP contribution in [-0.4, -0.2) is 64.4 Å². The lowest BCUT2D eigenvalue weighted by atomic mass is 9.60. The maximum Gasteiger partial charge on any atom is 0.243 e. The van der Waals surface area contributed by atoms with E-state index in [0.717, 1.165) is 32.1 Å². The van der Waals surface area contributed by atoms with E-state index in [2.05, 4.69) is 20.6 Å². The van der Waals surface area contributed by atoms with Crippen molar-refractivity contribution in [2.75, 3.05) is 19.8 Å². The van der Waals surface area contributed by atoms with Crippen LogP contribution in [0, 0.1) is 17.2 Å². The van der Waals surface area contributed by atoms with Gasteiger partial charge in [-0.25, -0.2) is 9.37 Å². The van der Waals surface area contributed by atoms with Crippen molar-refractivity contribution < 1.29 is 23.5 Å². The van der Waals surface area contributed by atoms with Crippen molar-refractivity contribution in [1.29, 1.82) is 0 Å². The zero-order valence-corrected chi connectivity index (χ0v) is 20.8. The monoisotopic (exact) mass is 499 g/mol. The number of para-hydroxylation sites is 1. The van der Waals surface area contributed by atoms with Gasteiger partial charge in [0.15, 0.2) is 5.82 Å². The van der Waals surface area contributed by atoms with Crippen LogP contribution in [0.5, 0.6) is 0 Å². The van der Waals surface area contributed by atoms with Crippen LogP contribution in [0.2, 0.25) is 0 Å². The Hall–Kier alpha value is -3.01. The predicted molar refractivity (Wildman–Crippen MR) is 130 cm³/mol. The van der Waals surface area contributed by atoms with Crippen molar-refractivity contribution in [3.8, 4) is 0 Å². The minimum Gasteiger partial charge on any atom is -0.380 e. The number of imidazole rings is 1. The van der Waals surface area contributed by atoms with Crippen LogP contribution in [0.25, 0.3) is 11.0 Å². The van der Waals surface area contributed by atoms with E-state index in [-0.39, 0.29) is 41.1 Å². The fraction of sp³-hybridized carbons (Fsp3) is 0.615. The number of fused-ring (bicyclic) bond motifs is 1. The third-order valence-corrected chi connectivity index (χ3v) is 7.93. The molecule has 1 aliphatic carbocycles. The van der Waals surface area contributed by atoms with Crippen LogP contribution < -0.4 is 10.6 Å². The van der Waals surface area contributed by atoms with Crippen LogP contribution in [0.1, 0.15) is 64.2 Å². The van der Waals surface area contributed by atoms with E-state index in [1.54, 1.807) is 19.1 Å². The average Bonchev–Trinajstić information content (AvgIpc) is 3.23. The molecule has 0 bridgehead atoms. The molecule has 2 saturated heterocycles. The van der Waals surface area contributed by atoms with E-state index >= 15 is 0 Å². The molecule has 3 atom stereocenters. The number of aromatic amines is 1. The molecule has 3 aliphatic rings. The molecule has 36 heavy (non-hydrogen) atoms. The minimum absolute atomic E-state index is 0.107. The SMILES string of the molecule is C[C@H](NC(=O)[C@H](CC(=O)N1CCCC[C@@H]1C)NC(=O)C1CC2(COC2)C1)c1nc2c(F)cccc2[nH]1. The maximum absolute atomic E-state index is 14.1. The number of rotatable bonds is 7. The minimum atomic E-state index is -1.00. The maximum atomic E-state index is 14.1. The number of H-pyrrole nitrogens is 1. The van der Waals surface area contributed by atoms with E-state index < -0.39 is 23.8 Å². The van der Waals surface area contributed by atoms with Gasteiger partial charge in [0.05, 0.1) is 31.2 Å². The van der Waals surface area contributed by atoms with E-state index in [1.165, 1.54) is 6.07 Å². The lowest BCUT2D eigenvalue weighted by molar-refractivity contribution is -0.184. The summed E-state index contributed by atoms with van der Waals surface area (Å²) in [4.78, 5) is 48.6. The molecule has 5 rings (SSSR count). The number of nitrogens with zero attached hydrogens (tertiary/aromatic N) is 2. The molecular formula is C26H34FN5O4. The predicted octanol–water partition coefficient (Wildman–Crippen LogP) is 2.58. The fourth-order valence-corrected chi connectivity index (χ4v) is 5.66. The molecule has 194 valence electrons. The second-order valence-corrected chi connectivity index (χ2v) is 10.8. The van der Waals surface area contributed by atoms with Crippen LogP contribution in [-0.2, 0) is 19.1 Å². The first-order valence-corrected chi connectivity index (χ1v) is 12.9. The van der Waals surface area contributed by atoms with Crippen LogP contribution in [0.15, 0.2) is 18.2 Å². The zero-order chi connectivity index (χ0) is 25.4. The van der Waals surface area contributed by atoms with Crippen molar-refractivity contribution in [3.63, 3.8) is 0 Å². The molecule has 2 aromatic rings. The van der Waals surface area contributed by atoms with Gasteiger partial charge >= 0.3 is 0 Å². The highest BCUT2D eigenvalue weighted by atomic mass is 19.1. The number of nitrogens with one attached hydrogen (secondary N) is 3. The number of carbonyl (C=O) groups is 3. The molecule has 1 saturated carbocycles. The number of halogens is 1. The molecule has 3 N–H and O–H groups in total. The molecular weight excluding hydrogens is 465 g/mol. The highest BCUT2D eigenvalue weighted by Crippen LogP contribution is 2.50. The van der Waals surface area contributed by atoms with Gasteiger partial charge in [0.2, 0.25) is 17.7 Å². The average molecular weight is 500 g/mol. The van der Waals surface area contributed by atoms with E-state index in [9.17, 15) is 18.8 Å². The first-order chi connectivity index (χ1) is 17.2. The summed E-state index contributed by atoms with van der Waals surface area (Å²) in [5.74, 6) is -1.03. The number of hydrogen-bond acceptors (Lipinski definition) is 5. The van der Waals surface area contributed by atoms with Crippen LogP contribution in [0.4, 0.5) is 4.39 Å². The van der Waals surface area contributed by atoms with Gasteiger partial charge in [0.1, 0.15) is 17.4 Å². The van der Waals surface area contributed by atoms with E-state index in [0.29, 0.717) is 31.1 Å². The molecule has 0 unspecified atom stereocenters. The number of ether oxygens (including phenoxy) is 1. The van der Waals surface area contributed by atoms with Gasteiger partial charge < -0.3 is 25.3 Å². The summed E-state index contributed by atoms with van der Waals surface area (Å²) in [5, 5.41) is 5.71. The molecule has 9 nitrogen and oxygen atoms in total. The Morgan fingerprint density at radius 2 is 2.03 bits per heavy atom. The fourth-order valence-electron chi connectivity index (χ4n) is 5.66. The smallest absolute Gasteiger partial charge is 0.243 e. The molecule has 2 aliphatic heterocycles. The normalized spacial score (nSPS) is 23.0. The molecule has 3 heterocycles. The number of likely N-dealkylation sites (tertiary alicyclic amines) is 1. The molecule has 3 amide bonds. The van der Waals surface area contributed by atoms with Crippen LogP contribution >= 0.6 is 0 Å². The Bertz CT molecular complexity index is 1150. The molecule has 1 aromatic carbocycles. The first-order valence-electron chi connectivity index (χ1n) is 12.9. The van der Waals surface area contributed by atoms with Gasteiger partial charge in [-0.3, -0.25) is 14.4 Å². The second-order valence-electron chi connectivity index (χ2n) is 10.8. The van der Waals surface area contributed by atoms with Crippen molar-refractivity contribution in [2.45, 2.75) is 70.5 Å². The number of hydrogen-bond donors (Lipinski definition) is 3. The standard InChI is InChI=1S/C26H34FN5O4/c1-15-6-3-4-9-32(15)21(33)10-20(30-24(34)17-11-26(12-17)13-36-14-26)25(35)28-16(2)23-29-19-8-5-7-18(27)22(19)31-23/h5,7-8,15-17,20H,3-4,6,9-14H2,1-2H3,(H,28,35)(H,29,31)(H,30,34)/t15-,16-,20-/m0/s1. The quantitative estimate of drug-likeness (QED) is 0.542. The third-order valence-electron chi connectivity index (χ3n) is 7.93. The van der Waals surface area contributed by atoms with Gasteiger partial charge in [-0.2, -0.15) is 0 Å². The summed E-state index contributed by atoms with van der Waals surface area (Å²) in [6.45, 7) is 5.77. The largest absolute Gasteiger partial charge is 0.380 e. The molecule has 0 radical (unpaired) electrons. The van der Waals surface area contributed by atoms with Crippen molar-refractivity contribution >= 4 is 28.8 Å². The molecule has 3 fully saturated rings. The summed E-state index contributed by atoms with van der Waals surface area (Å²) in [5.41, 5.74) is 0.847. The topological polar surface area (TPSA) is 116 Å². The number of carbonyl (C=O) groups excluding carboxylic acids is 3. The highest BCUT2D eigenvalue weighted by Gasteiger charge is 2.52. The second kappa shape index (κ2) is 9.80. The summed E-state index contributed by atoms with van der Waals surface area (Å²) in [7, 11) is 0. The van der Waals surface area contributed by atoms with Crippen molar-refractivity contribution in [2.24, 2.45) is 11.3 Å². The van der Waals surface area contributed by atoms with Gasteiger partial charge in [-0.15, -0.1) is 0 Å². The van der Waals surface area contributed by atoms with Gasteiger partial charge in [0, 0.05) is 23.9 Å². The Kier molecular flexibility index (Phi) is 6.72. The number of piperidine rings is 1. The summed E-state index contributed by atoms with van der Waals surface area (Å²) in [6.07, 6.45) is 4.32. The van der Waals surface area contributed by atoms with Crippen LogP contribution in [0.3, 0.4) is 0 Å². The Morgan fingerprint density at radius 3 is 2.69 bits per heavy atom. The van der Waals surface area contributed by atoms with Gasteiger partial charge in [0.25, 0.3) is 0 Å². The van der Waals surface area contributed by atoms with E-state index in [4.69, 9.17) is 4.74 Å². The Morgan fingerprint density at radius 1 is 1.25 bits per heavy atom. The summed E-state index contributed by atoms with van der Waals surface area (Å²) in [6, 6.07) is 3.16. The lowest BCUT2D eigenvalue weighted by Gasteiger charge is -2.52. The number of aromatic nitrogens is 2.